The van der Waals surface area contributed by atoms with Crippen molar-refractivity contribution in [3.8, 4) is 0 Å². The van der Waals surface area contributed by atoms with Crippen LogP contribution < -0.4 is 0 Å². The topological polar surface area (TPSA) is 41.1 Å². The minimum Gasteiger partial charge on any atom is -0.372 e. The average Bonchev–Trinajstić information content (AvgIpc) is 3.30. The zero-order chi connectivity index (χ0) is 16.6. The number of pyridine rings is 1. The number of piperidine rings is 1. The molecule has 1 N–H and O–H groups in total. The molecule has 3 fully saturated rings. The summed E-state index contributed by atoms with van der Waals surface area (Å²) in [6.45, 7) is 3.20. The van der Waals surface area contributed by atoms with E-state index < -0.39 is 0 Å². The van der Waals surface area contributed by atoms with E-state index in [1.807, 2.05) is 6.20 Å². The number of hydrogen-bond donors (Lipinski definition) is 1. The van der Waals surface area contributed by atoms with Gasteiger partial charge < -0.3 is 9.72 Å². The first-order chi connectivity index (χ1) is 12.4. The predicted octanol–water partition coefficient (Wildman–Crippen LogP) is 4.57. The minimum atomic E-state index is 0.233. The molecular weight excluding hydrogens is 310 g/mol. The Morgan fingerprint density at radius 3 is 2.96 bits per heavy atom. The summed E-state index contributed by atoms with van der Waals surface area (Å²) >= 11 is 0. The molecule has 3 aliphatic rings. The van der Waals surface area contributed by atoms with Crippen LogP contribution in [-0.4, -0.2) is 34.1 Å². The first-order valence-electron chi connectivity index (χ1n) is 10.2. The van der Waals surface area contributed by atoms with Crippen LogP contribution in [0.4, 0.5) is 0 Å². The Morgan fingerprint density at radius 1 is 1.12 bits per heavy atom. The summed E-state index contributed by atoms with van der Waals surface area (Å²) in [6, 6.07) is 5.09. The van der Waals surface area contributed by atoms with Crippen molar-refractivity contribution < 1.29 is 4.74 Å². The lowest BCUT2D eigenvalue weighted by molar-refractivity contribution is 0.0533. The number of aromatic amines is 1. The molecule has 5 rings (SSSR count). The van der Waals surface area contributed by atoms with Gasteiger partial charge in [-0.25, -0.2) is 4.98 Å². The first-order valence-corrected chi connectivity index (χ1v) is 10.2. The van der Waals surface area contributed by atoms with Crippen molar-refractivity contribution in [2.75, 3.05) is 13.2 Å². The molecule has 0 unspecified atom stereocenters. The lowest BCUT2D eigenvalue weighted by Crippen LogP contribution is -2.46. The van der Waals surface area contributed by atoms with E-state index >= 15 is 0 Å². The number of nitrogens with zero attached hydrogens (tertiary/aromatic N) is 2. The zero-order valence-electron chi connectivity index (χ0n) is 15.0. The van der Waals surface area contributed by atoms with Crippen LogP contribution in [0.25, 0.3) is 11.0 Å². The van der Waals surface area contributed by atoms with Crippen LogP contribution in [0.2, 0.25) is 0 Å². The van der Waals surface area contributed by atoms with E-state index in [2.05, 4.69) is 27.0 Å². The highest BCUT2D eigenvalue weighted by Gasteiger charge is 2.34. The molecule has 0 aromatic carbocycles. The van der Waals surface area contributed by atoms with Gasteiger partial charge in [-0.15, -0.1) is 0 Å². The second-order valence-electron chi connectivity index (χ2n) is 8.14. The van der Waals surface area contributed by atoms with Gasteiger partial charge in [0.05, 0.1) is 11.8 Å². The Labute approximate surface area is 150 Å². The van der Waals surface area contributed by atoms with Crippen LogP contribution in [0.1, 0.15) is 68.7 Å². The maximum Gasteiger partial charge on any atom is 0.137 e. The molecule has 1 saturated carbocycles. The summed E-state index contributed by atoms with van der Waals surface area (Å²) in [5.41, 5.74) is 3.77. The van der Waals surface area contributed by atoms with Gasteiger partial charge in [-0.1, -0.05) is 12.8 Å². The highest BCUT2D eigenvalue weighted by atomic mass is 16.5. The van der Waals surface area contributed by atoms with E-state index in [0.717, 1.165) is 37.2 Å². The lowest BCUT2D eigenvalue weighted by Gasteiger charge is -2.44. The van der Waals surface area contributed by atoms with Gasteiger partial charge in [0, 0.05) is 30.8 Å². The van der Waals surface area contributed by atoms with Gasteiger partial charge in [0.15, 0.2) is 0 Å². The summed E-state index contributed by atoms with van der Waals surface area (Å²) in [4.78, 5) is 11.0. The van der Waals surface area contributed by atoms with Crippen LogP contribution >= 0.6 is 0 Å². The third kappa shape index (κ3) is 2.89. The SMILES string of the molecule is c1cnc2[nH]c([C@H]3CCCO3)c(CN3CCC[C@H]4CCCC[C@H]43)c2c1. The molecule has 2 aromatic rings. The van der Waals surface area contributed by atoms with Crippen molar-refractivity contribution in [1.29, 1.82) is 0 Å². The fourth-order valence-electron chi connectivity index (χ4n) is 5.47. The molecular formula is C21H29N3O. The Morgan fingerprint density at radius 2 is 2.04 bits per heavy atom. The number of aromatic nitrogens is 2. The first kappa shape index (κ1) is 15.8. The predicted molar refractivity (Wildman–Crippen MR) is 99.4 cm³/mol. The van der Waals surface area contributed by atoms with Crippen LogP contribution in [0, 0.1) is 5.92 Å². The van der Waals surface area contributed by atoms with E-state index in [1.165, 1.54) is 68.1 Å². The van der Waals surface area contributed by atoms with Crippen LogP contribution in [0.3, 0.4) is 0 Å². The molecule has 4 nitrogen and oxygen atoms in total. The molecule has 0 radical (unpaired) electrons. The molecule has 4 heterocycles. The van der Waals surface area contributed by atoms with Crippen molar-refractivity contribution in [3.63, 3.8) is 0 Å². The number of nitrogens with one attached hydrogen (secondary N) is 1. The fraction of sp³-hybridized carbons (Fsp3) is 0.667. The number of rotatable bonds is 3. The smallest absolute Gasteiger partial charge is 0.137 e. The van der Waals surface area contributed by atoms with E-state index in [4.69, 9.17) is 4.74 Å². The van der Waals surface area contributed by atoms with Gasteiger partial charge in [0.2, 0.25) is 0 Å². The maximum absolute atomic E-state index is 6.03. The van der Waals surface area contributed by atoms with Crippen molar-refractivity contribution in [2.24, 2.45) is 5.92 Å². The molecule has 2 aromatic heterocycles. The summed E-state index contributed by atoms with van der Waals surface area (Å²) in [6.07, 6.45) is 12.9. The van der Waals surface area contributed by atoms with Gasteiger partial charge in [0.25, 0.3) is 0 Å². The Kier molecular flexibility index (Phi) is 4.26. The molecule has 1 aliphatic carbocycles. The molecule has 4 heteroatoms. The Bertz CT molecular complexity index is 732. The zero-order valence-corrected chi connectivity index (χ0v) is 15.0. The molecule has 2 saturated heterocycles. The van der Waals surface area contributed by atoms with Crippen LogP contribution in [-0.2, 0) is 11.3 Å². The van der Waals surface area contributed by atoms with Crippen LogP contribution in [0.5, 0.6) is 0 Å². The molecule has 0 amide bonds. The Balaban J connectivity index is 1.49. The van der Waals surface area contributed by atoms with Crippen LogP contribution in [0.15, 0.2) is 18.3 Å². The maximum atomic E-state index is 6.03. The number of hydrogen-bond acceptors (Lipinski definition) is 3. The minimum absolute atomic E-state index is 0.233. The third-order valence-corrected chi connectivity index (χ3v) is 6.68. The van der Waals surface area contributed by atoms with Gasteiger partial charge in [-0.2, -0.15) is 0 Å². The van der Waals surface area contributed by atoms with Crippen molar-refractivity contribution >= 4 is 11.0 Å². The summed E-state index contributed by atoms with van der Waals surface area (Å²) in [5, 5.41) is 1.30. The standard InChI is InChI=1S/C21H29N3O/c1-2-9-18-15(6-1)7-4-12-24(18)14-17-16-8-3-11-22-21(16)23-20(17)19-10-5-13-25-19/h3,8,11,15,18-19H,1-2,4-7,9-10,12-14H2,(H,22,23)/t15-,18-,19-/m1/s1. The second kappa shape index (κ2) is 6.73. The summed E-state index contributed by atoms with van der Waals surface area (Å²) in [7, 11) is 0. The highest BCUT2D eigenvalue weighted by molar-refractivity contribution is 5.81. The highest BCUT2D eigenvalue weighted by Crippen LogP contribution is 2.39. The van der Waals surface area contributed by atoms with E-state index in [1.54, 1.807) is 0 Å². The second-order valence-corrected chi connectivity index (χ2v) is 8.14. The van der Waals surface area contributed by atoms with E-state index in [9.17, 15) is 0 Å². The number of likely N-dealkylation sites (tertiary alicyclic amines) is 1. The van der Waals surface area contributed by atoms with Gasteiger partial charge >= 0.3 is 0 Å². The monoisotopic (exact) mass is 339 g/mol. The molecule has 134 valence electrons. The average molecular weight is 339 g/mol. The molecule has 2 aliphatic heterocycles. The normalized spacial score (nSPS) is 30.6. The van der Waals surface area contributed by atoms with Gasteiger partial charge in [-0.05, 0) is 68.7 Å². The number of fused-ring (bicyclic) bond motifs is 2. The number of H-pyrrole nitrogens is 1. The molecule has 25 heavy (non-hydrogen) atoms. The quantitative estimate of drug-likeness (QED) is 0.890. The van der Waals surface area contributed by atoms with Crippen molar-refractivity contribution in [1.82, 2.24) is 14.9 Å². The van der Waals surface area contributed by atoms with E-state index in [0.29, 0.717) is 0 Å². The third-order valence-electron chi connectivity index (χ3n) is 6.68. The van der Waals surface area contributed by atoms with Crippen molar-refractivity contribution in [2.45, 2.75) is 70.1 Å². The molecule has 0 bridgehead atoms. The van der Waals surface area contributed by atoms with Gasteiger partial charge in [-0.3, -0.25) is 4.90 Å². The van der Waals surface area contributed by atoms with Crippen molar-refractivity contribution in [3.05, 3.63) is 29.6 Å². The van der Waals surface area contributed by atoms with E-state index in [-0.39, 0.29) is 6.10 Å². The summed E-state index contributed by atoms with van der Waals surface area (Å²) in [5.74, 6) is 0.928. The summed E-state index contributed by atoms with van der Waals surface area (Å²) < 4.78 is 6.03. The largest absolute Gasteiger partial charge is 0.372 e. The lowest BCUT2D eigenvalue weighted by atomic mass is 9.78. The molecule has 0 spiro atoms. The van der Waals surface area contributed by atoms with Gasteiger partial charge in [0.1, 0.15) is 5.65 Å². The Hall–Kier alpha value is -1.39. The fourth-order valence-corrected chi connectivity index (χ4v) is 5.47. The number of ether oxygens (including phenoxy) is 1. The molecule has 3 atom stereocenters.